The maximum Gasteiger partial charge on any atom is 0.0967 e. The van der Waals surface area contributed by atoms with E-state index in [0.717, 1.165) is 5.52 Å². The van der Waals surface area contributed by atoms with E-state index < -0.39 is 0 Å². The molecule has 2 rings (SSSR count). The standard InChI is InChI=1S/C9H9IN2/c1-7(10)12-6-11-8-4-2-3-5-9(8)12/h2-7H,1H3. The number of hydrogen-bond acceptors (Lipinski definition) is 1. The second-order valence-electron chi connectivity index (χ2n) is 2.71. The van der Waals surface area contributed by atoms with Crippen molar-refractivity contribution >= 4 is 33.6 Å². The number of aromatic nitrogens is 2. The van der Waals surface area contributed by atoms with Crippen molar-refractivity contribution in [3.8, 4) is 0 Å². The van der Waals surface area contributed by atoms with Crippen LogP contribution >= 0.6 is 22.6 Å². The third kappa shape index (κ3) is 1.22. The van der Waals surface area contributed by atoms with Crippen LogP contribution < -0.4 is 0 Å². The van der Waals surface area contributed by atoms with Gasteiger partial charge in [-0.1, -0.05) is 34.7 Å². The summed E-state index contributed by atoms with van der Waals surface area (Å²) in [7, 11) is 0. The zero-order valence-corrected chi connectivity index (χ0v) is 8.89. The molecule has 0 N–H and O–H groups in total. The van der Waals surface area contributed by atoms with Crippen LogP contribution in [0.25, 0.3) is 11.0 Å². The Balaban J connectivity index is 2.70. The number of nitrogens with zero attached hydrogens (tertiary/aromatic N) is 2. The molecule has 0 saturated carbocycles. The van der Waals surface area contributed by atoms with Crippen LogP contribution in [0, 0.1) is 0 Å². The van der Waals surface area contributed by atoms with E-state index in [9.17, 15) is 0 Å². The van der Waals surface area contributed by atoms with E-state index in [1.54, 1.807) is 0 Å². The average molecular weight is 272 g/mol. The molecular weight excluding hydrogens is 263 g/mol. The molecule has 0 bridgehead atoms. The number of imidazole rings is 1. The maximum absolute atomic E-state index is 4.30. The Kier molecular flexibility index (Phi) is 2.04. The minimum Gasteiger partial charge on any atom is -0.318 e. The zero-order valence-electron chi connectivity index (χ0n) is 6.74. The maximum atomic E-state index is 4.30. The van der Waals surface area contributed by atoms with Crippen molar-refractivity contribution in [1.82, 2.24) is 9.55 Å². The van der Waals surface area contributed by atoms with E-state index in [0.29, 0.717) is 4.05 Å². The summed E-state index contributed by atoms with van der Waals surface area (Å²) in [4.78, 5) is 4.30. The fraction of sp³-hybridized carbons (Fsp3) is 0.222. The van der Waals surface area contributed by atoms with Gasteiger partial charge in [0.2, 0.25) is 0 Å². The molecule has 0 radical (unpaired) electrons. The molecule has 0 aliphatic rings. The largest absolute Gasteiger partial charge is 0.318 e. The van der Waals surface area contributed by atoms with Crippen LogP contribution in [-0.4, -0.2) is 9.55 Å². The molecular formula is C9H9IN2. The van der Waals surface area contributed by atoms with Crippen LogP contribution in [0.3, 0.4) is 0 Å². The lowest BCUT2D eigenvalue weighted by Crippen LogP contribution is -1.93. The Hall–Kier alpha value is -0.580. The first-order chi connectivity index (χ1) is 5.79. The molecule has 0 amide bonds. The summed E-state index contributed by atoms with van der Waals surface area (Å²) in [5.74, 6) is 0. The topological polar surface area (TPSA) is 17.8 Å². The Bertz CT molecular complexity index is 392. The summed E-state index contributed by atoms with van der Waals surface area (Å²) >= 11 is 2.38. The third-order valence-electron chi connectivity index (χ3n) is 1.86. The molecule has 0 aliphatic carbocycles. The molecule has 62 valence electrons. The van der Waals surface area contributed by atoms with Gasteiger partial charge in [-0.05, 0) is 19.1 Å². The molecule has 1 heterocycles. The fourth-order valence-electron chi connectivity index (χ4n) is 1.26. The molecule has 1 unspecified atom stereocenters. The van der Waals surface area contributed by atoms with Crippen molar-refractivity contribution in [2.24, 2.45) is 0 Å². The van der Waals surface area contributed by atoms with Crippen LogP contribution in [0.2, 0.25) is 0 Å². The fourth-order valence-corrected chi connectivity index (χ4v) is 1.71. The molecule has 0 spiro atoms. The van der Waals surface area contributed by atoms with E-state index in [2.05, 4.69) is 45.1 Å². The summed E-state index contributed by atoms with van der Waals surface area (Å²) < 4.78 is 2.62. The average Bonchev–Trinajstić information content (AvgIpc) is 2.47. The number of rotatable bonds is 1. The van der Waals surface area contributed by atoms with E-state index >= 15 is 0 Å². The van der Waals surface area contributed by atoms with Crippen molar-refractivity contribution in [3.63, 3.8) is 0 Å². The monoisotopic (exact) mass is 272 g/mol. The molecule has 1 aromatic carbocycles. The van der Waals surface area contributed by atoms with Gasteiger partial charge in [0.15, 0.2) is 0 Å². The van der Waals surface area contributed by atoms with Crippen molar-refractivity contribution in [3.05, 3.63) is 30.6 Å². The Morgan fingerprint density at radius 2 is 2.17 bits per heavy atom. The summed E-state index contributed by atoms with van der Waals surface area (Å²) in [5, 5.41) is 0. The number of hydrogen-bond donors (Lipinski definition) is 0. The summed E-state index contributed by atoms with van der Waals surface area (Å²) in [5.41, 5.74) is 2.28. The van der Waals surface area contributed by atoms with Gasteiger partial charge in [0.05, 0.1) is 21.4 Å². The summed E-state index contributed by atoms with van der Waals surface area (Å²) in [6, 6.07) is 8.18. The van der Waals surface area contributed by atoms with Gasteiger partial charge in [-0.2, -0.15) is 0 Å². The van der Waals surface area contributed by atoms with Gasteiger partial charge >= 0.3 is 0 Å². The van der Waals surface area contributed by atoms with Gasteiger partial charge in [-0.3, -0.25) is 0 Å². The number of para-hydroxylation sites is 2. The lowest BCUT2D eigenvalue weighted by molar-refractivity contribution is 0.793. The Labute approximate surface area is 84.7 Å². The van der Waals surface area contributed by atoms with Crippen molar-refractivity contribution < 1.29 is 0 Å². The van der Waals surface area contributed by atoms with Crippen molar-refractivity contribution in [2.75, 3.05) is 0 Å². The predicted octanol–water partition coefficient (Wildman–Crippen LogP) is 2.99. The van der Waals surface area contributed by atoms with Crippen LogP contribution in [-0.2, 0) is 0 Å². The molecule has 0 saturated heterocycles. The number of alkyl halides is 1. The lowest BCUT2D eigenvalue weighted by Gasteiger charge is -2.04. The summed E-state index contributed by atoms with van der Waals surface area (Å²) in [6.45, 7) is 2.15. The number of benzene rings is 1. The van der Waals surface area contributed by atoms with Crippen LogP contribution in [0.1, 0.15) is 11.0 Å². The van der Waals surface area contributed by atoms with Crippen molar-refractivity contribution in [2.45, 2.75) is 11.0 Å². The van der Waals surface area contributed by atoms with Gasteiger partial charge < -0.3 is 4.57 Å². The van der Waals surface area contributed by atoms with Gasteiger partial charge in [-0.15, -0.1) is 0 Å². The second kappa shape index (κ2) is 3.05. The highest BCUT2D eigenvalue weighted by Gasteiger charge is 2.03. The highest BCUT2D eigenvalue weighted by atomic mass is 127. The highest BCUT2D eigenvalue weighted by molar-refractivity contribution is 14.1. The highest BCUT2D eigenvalue weighted by Crippen LogP contribution is 2.20. The van der Waals surface area contributed by atoms with Crippen molar-refractivity contribution in [1.29, 1.82) is 0 Å². The first-order valence-electron chi connectivity index (χ1n) is 3.84. The first kappa shape index (κ1) is 8.04. The van der Waals surface area contributed by atoms with E-state index in [1.807, 2.05) is 24.5 Å². The Morgan fingerprint density at radius 3 is 2.92 bits per heavy atom. The lowest BCUT2D eigenvalue weighted by atomic mass is 10.3. The SMILES string of the molecule is CC(I)n1cnc2ccccc21. The normalized spacial score (nSPS) is 13.5. The third-order valence-corrected chi connectivity index (χ3v) is 2.46. The predicted molar refractivity (Wildman–Crippen MR) is 58.5 cm³/mol. The van der Waals surface area contributed by atoms with Crippen LogP contribution in [0.4, 0.5) is 0 Å². The van der Waals surface area contributed by atoms with Gasteiger partial charge in [0.1, 0.15) is 0 Å². The molecule has 3 heteroatoms. The minimum atomic E-state index is 0.454. The quantitative estimate of drug-likeness (QED) is 0.576. The number of fused-ring (bicyclic) bond motifs is 1. The zero-order chi connectivity index (χ0) is 8.55. The van der Waals surface area contributed by atoms with E-state index in [-0.39, 0.29) is 0 Å². The minimum absolute atomic E-state index is 0.454. The molecule has 2 aromatic rings. The molecule has 0 fully saturated rings. The second-order valence-corrected chi connectivity index (χ2v) is 4.52. The molecule has 12 heavy (non-hydrogen) atoms. The molecule has 2 nitrogen and oxygen atoms in total. The molecule has 0 aliphatic heterocycles. The smallest absolute Gasteiger partial charge is 0.0967 e. The first-order valence-corrected chi connectivity index (χ1v) is 5.09. The molecule has 1 atom stereocenters. The summed E-state index contributed by atoms with van der Waals surface area (Å²) in [6.07, 6.45) is 1.89. The van der Waals surface area contributed by atoms with Crippen LogP contribution in [0.5, 0.6) is 0 Å². The van der Waals surface area contributed by atoms with Crippen LogP contribution in [0.15, 0.2) is 30.6 Å². The van der Waals surface area contributed by atoms with Gasteiger partial charge in [-0.25, -0.2) is 4.98 Å². The van der Waals surface area contributed by atoms with Gasteiger partial charge in [0.25, 0.3) is 0 Å². The number of halogens is 1. The van der Waals surface area contributed by atoms with E-state index in [1.165, 1.54) is 5.52 Å². The van der Waals surface area contributed by atoms with E-state index in [4.69, 9.17) is 0 Å². The van der Waals surface area contributed by atoms with Gasteiger partial charge in [0, 0.05) is 0 Å². The molecule has 1 aromatic heterocycles. The Morgan fingerprint density at radius 1 is 1.42 bits per heavy atom.